The van der Waals surface area contributed by atoms with Gasteiger partial charge in [0.05, 0.1) is 11.2 Å². The number of para-hydroxylation sites is 1. The van der Waals surface area contributed by atoms with Crippen LogP contribution in [0.4, 0.5) is 10.1 Å². The van der Waals surface area contributed by atoms with Crippen LogP contribution in [0.2, 0.25) is 0 Å². The van der Waals surface area contributed by atoms with E-state index in [1.54, 1.807) is 45.8 Å². The number of carbonyl (C=O) groups excluding carboxylic acids is 2. The van der Waals surface area contributed by atoms with E-state index in [4.69, 9.17) is 0 Å². The fraction of sp³-hybridized carbons (Fsp3) is 0.286. The lowest BCUT2D eigenvalue weighted by atomic mass is 10.2. The number of fused-ring (bicyclic) bond motifs is 1. The maximum atomic E-state index is 13.9. The molecule has 2 amide bonds. The van der Waals surface area contributed by atoms with Crippen LogP contribution in [0.1, 0.15) is 47.8 Å². The molecule has 28 heavy (non-hydrogen) atoms. The van der Waals surface area contributed by atoms with Crippen LogP contribution in [0.5, 0.6) is 0 Å². The highest BCUT2D eigenvalue weighted by molar-refractivity contribution is 6.06. The standard InChI is InChI=1S/C21H23FN4O2/c1-3-12-25(13-4-2)21(28)18-17-11-7-8-14-26(17)19(24-18)20(27)23-16-10-6-5-9-15(16)22/h5-11,14H,3-4,12-13H2,1-2H3,(H,23,27). The van der Waals surface area contributed by atoms with Crippen molar-refractivity contribution in [1.82, 2.24) is 14.3 Å². The fourth-order valence-corrected chi connectivity index (χ4v) is 3.10. The quantitative estimate of drug-likeness (QED) is 0.672. The number of imidazole rings is 1. The van der Waals surface area contributed by atoms with Crippen LogP contribution < -0.4 is 5.32 Å². The van der Waals surface area contributed by atoms with E-state index in [9.17, 15) is 14.0 Å². The van der Waals surface area contributed by atoms with Crippen LogP contribution in [-0.4, -0.2) is 39.2 Å². The highest BCUT2D eigenvalue weighted by Gasteiger charge is 2.25. The number of carbonyl (C=O) groups is 2. The van der Waals surface area contributed by atoms with E-state index < -0.39 is 11.7 Å². The predicted octanol–water partition coefficient (Wildman–Crippen LogP) is 3.99. The second-order valence-corrected chi connectivity index (χ2v) is 6.47. The minimum absolute atomic E-state index is 0.0372. The minimum atomic E-state index is -0.581. The highest BCUT2D eigenvalue weighted by Crippen LogP contribution is 2.18. The summed E-state index contributed by atoms with van der Waals surface area (Å²) in [5.41, 5.74) is 0.830. The third-order valence-corrected chi connectivity index (χ3v) is 4.35. The molecule has 0 saturated heterocycles. The van der Waals surface area contributed by atoms with Crippen molar-refractivity contribution in [2.75, 3.05) is 18.4 Å². The second kappa shape index (κ2) is 8.65. The Labute approximate surface area is 163 Å². The molecule has 6 nitrogen and oxygen atoms in total. The number of aromatic nitrogens is 2. The molecule has 146 valence electrons. The topological polar surface area (TPSA) is 66.7 Å². The Hall–Kier alpha value is -3.22. The molecule has 0 atom stereocenters. The van der Waals surface area contributed by atoms with Crippen molar-refractivity contribution in [2.45, 2.75) is 26.7 Å². The molecular formula is C21H23FN4O2. The van der Waals surface area contributed by atoms with Crippen molar-refractivity contribution in [2.24, 2.45) is 0 Å². The van der Waals surface area contributed by atoms with Crippen molar-refractivity contribution >= 4 is 23.0 Å². The van der Waals surface area contributed by atoms with Gasteiger partial charge in [-0.15, -0.1) is 0 Å². The number of rotatable bonds is 7. The smallest absolute Gasteiger partial charge is 0.292 e. The molecular weight excluding hydrogens is 359 g/mol. The Morgan fingerprint density at radius 3 is 2.43 bits per heavy atom. The van der Waals surface area contributed by atoms with Crippen LogP contribution in [0.15, 0.2) is 48.7 Å². The number of halogens is 1. The molecule has 0 aliphatic heterocycles. The molecule has 0 aliphatic carbocycles. The summed E-state index contributed by atoms with van der Waals surface area (Å²) in [5.74, 6) is -1.29. The second-order valence-electron chi connectivity index (χ2n) is 6.47. The van der Waals surface area contributed by atoms with Gasteiger partial charge in [-0.2, -0.15) is 0 Å². The van der Waals surface area contributed by atoms with Crippen LogP contribution >= 0.6 is 0 Å². The van der Waals surface area contributed by atoms with Crippen molar-refractivity contribution in [3.05, 3.63) is 66.0 Å². The van der Waals surface area contributed by atoms with E-state index in [1.807, 2.05) is 13.8 Å². The van der Waals surface area contributed by atoms with Gasteiger partial charge in [-0.05, 0) is 37.1 Å². The molecule has 0 saturated carbocycles. The predicted molar refractivity (Wildman–Crippen MR) is 106 cm³/mol. The van der Waals surface area contributed by atoms with Gasteiger partial charge in [-0.3, -0.25) is 14.0 Å². The molecule has 0 spiro atoms. The number of amides is 2. The summed E-state index contributed by atoms with van der Waals surface area (Å²) >= 11 is 0. The van der Waals surface area contributed by atoms with Gasteiger partial charge < -0.3 is 10.2 Å². The summed E-state index contributed by atoms with van der Waals surface area (Å²) in [5, 5.41) is 2.53. The molecule has 0 radical (unpaired) electrons. The van der Waals surface area contributed by atoms with Crippen molar-refractivity contribution in [3.8, 4) is 0 Å². The van der Waals surface area contributed by atoms with Gasteiger partial charge in [0.2, 0.25) is 5.82 Å². The number of pyridine rings is 1. The molecule has 3 aromatic rings. The molecule has 0 aliphatic rings. The molecule has 1 N–H and O–H groups in total. The van der Waals surface area contributed by atoms with Gasteiger partial charge >= 0.3 is 0 Å². The zero-order chi connectivity index (χ0) is 20.1. The van der Waals surface area contributed by atoms with Crippen LogP contribution in [0.25, 0.3) is 5.52 Å². The zero-order valence-electron chi connectivity index (χ0n) is 16.0. The largest absolute Gasteiger partial charge is 0.337 e. The van der Waals surface area contributed by atoms with E-state index in [-0.39, 0.29) is 23.1 Å². The lowest BCUT2D eigenvalue weighted by Crippen LogP contribution is -2.33. The van der Waals surface area contributed by atoms with Gasteiger partial charge in [-0.25, -0.2) is 9.37 Å². The number of anilines is 1. The number of nitrogens with one attached hydrogen (secondary N) is 1. The Kier molecular flexibility index (Phi) is 6.03. The monoisotopic (exact) mass is 382 g/mol. The lowest BCUT2D eigenvalue weighted by Gasteiger charge is -2.20. The highest BCUT2D eigenvalue weighted by atomic mass is 19.1. The van der Waals surface area contributed by atoms with Crippen LogP contribution in [-0.2, 0) is 0 Å². The summed E-state index contributed by atoms with van der Waals surface area (Å²) in [4.78, 5) is 31.9. The van der Waals surface area contributed by atoms with Crippen molar-refractivity contribution < 1.29 is 14.0 Å². The zero-order valence-corrected chi connectivity index (χ0v) is 16.0. The number of benzene rings is 1. The summed E-state index contributed by atoms with van der Waals surface area (Å²) in [7, 11) is 0. The van der Waals surface area contributed by atoms with E-state index in [1.165, 1.54) is 12.1 Å². The maximum absolute atomic E-state index is 13.9. The summed E-state index contributed by atoms with van der Waals surface area (Å²) in [6.45, 7) is 5.26. The molecule has 0 fully saturated rings. The maximum Gasteiger partial charge on any atom is 0.292 e. The molecule has 7 heteroatoms. The first-order valence-electron chi connectivity index (χ1n) is 9.39. The third kappa shape index (κ3) is 3.88. The SMILES string of the molecule is CCCN(CCC)C(=O)c1nc(C(=O)Nc2ccccc2F)n2ccccc12. The Morgan fingerprint density at radius 2 is 1.75 bits per heavy atom. The number of nitrogens with zero attached hydrogens (tertiary/aromatic N) is 3. The van der Waals surface area contributed by atoms with Crippen LogP contribution in [0, 0.1) is 5.82 Å². The molecule has 2 aromatic heterocycles. The third-order valence-electron chi connectivity index (χ3n) is 4.35. The van der Waals surface area contributed by atoms with Crippen molar-refractivity contribution in [3.63, 3.8) is 0 Å². The Morgan fingerprint density at radius 1 is 1.07 bits per heavy atom. The minimum Gasteiger partial charge on any atom is -0.337 e. The fourth-order valence-electron chi connectivity index (χ4n) is 3.10. The summed E-state index contributed by atoms with van der Waals surface area (Å²) in [6, 6.07) is 11.2. The Balaban J connectivity index is 1.99. The molecule has 3 rings (SSSR count). The van der Waals surface area contributed by atoms with Crippen LogP contribution in [0.3, 0.4) is 0 Å². The van der Waals surface area contributed by atoms with Gasteiger partial charge in [-0.1, -0.05) is 32.0 Å². The van der Waals surface area contributed by atoms with E-state index in [2.05, 4.69) is 10.3 Å². The number of hydrogen-bond acceptors (Lipinski definition) is 3. The summed E-state index contributed by atoms with van der Waals surface area (Å²) < 4.78 is 15.4. The van der Waals surface area contributed by atoms with Gasteiger partial charge in [0.15, 0.2) is 5.69 Å². The summed E-state index contributed by atoms with van der Waals surface area (Å²) in [6.07, 6.45) is 3.33. The van der Waals surface area contributed by atoms with Gasteiger partial charge in [0.1, 0.15) is 5.82 Å². The molecule has 0 bridgehead atoms. The first kappa shape index (κ1) is 19.5. The number of hydrogen-bond donors (Lipinski definition) is 1. The molecule has 0 unspecified atom stereocenters. The molecule has 1 aromatic carbocycles. The van der Waals surface area contributed by atoms with E-state index in [0.717, 1.165) is 12.8 Å². The lowest BCUT2D eigenvalue weighted by molar-refractivity contribution is 0.0752. The van der Waals surface area contributed by atoms with Crippen molar-refractivity contribution in [1.29, 1.82) is 0 Å². The normalized spacial score (nSPS) is 10.8. The first-order valence-corrected chi connectivity index (χ1v) is 9.39. The van der Waals surface area contributed by atoms with Gasteiger partial charge in [0.25, 0.3) is 11.8 Å². The first-order chi connectivity index (χ1) is 13.6. The average molecular weight is 382 g/mol. The van der Waals surface area contributed by atoms with E-state index in [0.29, 0.717) is 18.6 Å². The van der Waals surface area contributed by atoms with Gasteiger partial charge in [0, 0.05) is 19.3 Å². The van der Waals surface area contributed by atoms with E-state index >= 15 is 0 Å². The average Bonchev–Trinajstić information content (AvgIpc) is 3.09. The molecule has 2 heterocycles. The Bertz CT molecular complexity index is 993.